The lowest BCUT2D eigenvalue weighted by molar-refractivity contribution is -0.120. The molecule has 1 atom stereocenters. The number of sulfonamides is 1. The molecule has 0 aliphatic rings. The Kier molecular flexibility index (Phi) is 8.22. The summed E-state index contributed by atoms with van der Waals surface area (Å²) in [6.07, 6.45) is 0. The van der Waals surface area contributed by atoms with Crippen molar-refractivity contribution in [2.75, 3.05) is 10.8 Å². The second-order valence-electron chi connectivity index (χ2n) is 8.72. The number of nitrogens with one attached hydrogen (secondary N) is 1. The van der Waals surface area contributed by atoms with E-state index in [1.165, 1.54) is 30.3 Å². The van der Waals surface area contributed by atoms with Crippen molar-refractivity contribution >= 4 is 44.8 Å². The summed E-state index contributed by atoms with van der Waals surface area (Å²) in [5.41, 5.74) is 3.91. The molecule has 0 aliphatic heterocycles. The third-order valence-electron chi connectivity index (χ3n) is 5.97. The molecule has 37 heavy (non-hydrogen) atoms. The lowest BCUT2D eigenvalue weighted by Crippen LogP contribution is -2.42. The first-order valence-electron chi connectivity index (χ1n) is 11.6. The number of benzene rings is 4. The molecular formula is C29H26Cl2N2O3S. The zero-order chi connectivity index (χ0) is 26.6. The van der Waals surface area contributed by atoms with E-state index in [1.807, 2.05) is 68.4 Å². The van der Waals surface area contributed by atoms with Crippen molar-refractivity contribution in [1.82, 2.24) is 5.32 Å². The van der Waals surface area contributed by atoms with Gasteiger partial charge in [-0.1, -0.05) is 95.5 Å². The Hall–Kier alpha value is -3.32. The smallest absolute Gasteiger partial charge is 0.264 e. The molecule has 0 aromatic heterocycles. The Balaban J connectivity index is 1.73. The van der Waals surface area contributed by atoms with Crippen LogP contribution in [0.2, 0.25) is 10.0 Å². The maximum Gasteiger partial charge on any atom is 0.264 e. The predicted molar refractivity (Wildman–Crippen MR) is 150 cm³/mol. The highest BCUT2D eigenvalue weighted by Crippen LogP contribution is 2.30. The van der Waals surface area contributed by atoms with Crippen LogP contribution < -0.4 is 9.62 Å². The van der Waals surface area contributed by atoms with E-state index in [0.29, 0.717) is 0 Å². The largest absolute Gasteiger partial charge is 0.344 e. The molecule has 0 saturated heterocycles. The lowest BCUT2D eigenvalue weighted by Gasteiger charge is -2.27. The molecule has 0 heterocycles. The van der Waals surface area contributed by atoms with E-state index in [1.54, 1.807) is 12.1 Å². The molecule has 1 N–H and O–H groups in total. The first-order chi connectivity index (χ1) is 17.6. The summed E-state index contributed by atoms with van der Waals surface area (Å²) >= 11 is 12.4. The van der Waals surface area contributed by atoms with Gasteiger partial charge in [0.2, 0.25) is 5.91 Å². The number of carbonyl (C=O) groups excluding carboxylic acids is 1. The summed E-state index contributed by atoms with van der Waals surface area (Å²) in [6.45, 7) is 3.37. The van der Waals surface area contributed by atoms with Crippen molar-refractivity contribution in [3.05, 3.63) is 129 Å². The van der Waals surface area contributed by atoms with Crippen LogP contribution in [0.4, 0.5) is 5.69 Å². The molecule has 5 nitrogen and oxygen atoms in total. The van der Waals surface area contributed by atoms with Gasteiger partial charge in [0.1, 0.15) is 6.54 Å². The van der Waals surface area contributed by atoms with E-state index in [4.69, 9.17) is 23.2 Å². The molecule has 0 saturated carbocycles. The van der Waals surface area contributed by atoms with Crippen LogP contribution in [0.1, 0.15) is 28.3 Å². The average molecular weight is 554 g/mol. The van der Waals surface area contributed by atoms with Crippen molar-refractivity contribution < 1.29 is 13.2 Å². The zero-order valence-electron chi connectivity index (χ0n) is 20.4. The van der Waals surface area contributed by atoms with E-state index in [0.717, 1.165) is 26.6 Å². The van der Waals surface area contributed by atoms with Gasteiger partial charge in [0.05, 0.1) is 16.6 Å². The molecule has 0 fully saturated rings. The van der Waals surface area contributed by atoms with Gasteiger partial charge in [-0.15, -0.1) is 0 Å². The van der Waals surface area contributed by atoms with Gasteiger partial charge >= 0.3 is 0 Å². The first kappa shape index (κ1) is 26.7. The number of aryl methyl sites for hydroxylation is 2. The van der Waals surface area contributed by atoms with Gasteiger partial charge in [0.25, 0.3) is 10.0 Å². The number of rotatable bonds is 8. The van der Waals surface area contributed by atoms with Crippen molar-refractivity contribution in [3.8, 4) is 0 Å². The van der Waals surface area contributed by atoms with Crippen LogP contribution in [-0.4, -0.2) is 20.9 Å². The van der Waals surface area contributed by atoms with Crippen molar-refractivity contribution in [2.24, 2.45) is 0 Å². The van der Waals surface area contributed by atoms with Crippen molar-refractivity contribution in [1.29, 1.82) is 0 Å². The minimum absolute atomic E-state index is 0.0560. The van der Waals surface area contributed by atoms with Gasteiger partial charge in [-0.3, -0.25) is 9.10 Å². The SMILES string of the molecule is Cc1ccc(S(=O)(=O)N(CC(=O)N[C@H](c2ccccc2)c2ccccc2C)c2cc(Cl)cc(Cl)c2)cc1. The Morgan fingerprint density at radius 2 is 1.43 bits per heavy atom. The molecule has 0 bridgehead atoms. The van der Waals surface area contributed by atoms with Gasteiger partial charge in [0.15, 0.2) is 0 Å². The van der Waals surface area contributed by atoms with Crippen molar-refractivity contribution in [2.45, 2.75) is 24.8 Å². The highest BCUT2D eigenvalue weighted by atomic mass is 35.5. The zero-order valence-corrected chi connectivity index (χ0v) is 22.7. The minimum Gasteiger partial charge on any atom is -0.344 e. The number of hydrogen-bond acceptors (Lipinski definition) is 3. The molecule has 4 aromatic rings. The Morgan fingerprint density at radius 1 is 0.838 bits per heavy atom. The predicted octanol–water partition coefficient (Wildman–Crippen LogP) is 6.71. The maximum absolute atomic E-state index is 13.7. The normalized spacial score (nSPS) is 12.1. The molecule has 0 unspecified atom stereocenters. The van der Waals surface area contributed by atoms with E-state index < -0.39 is 28.5 Å². The number of nitrogens with zero attached hydrogens (tertiary/aromatic N) is 1. The van der Waals surface area contributed by atoms with Gasteiger partial charge in [-0.2, -0.15) is 0 Å². The summed E-state index contributed by atoms with van der Waals surface area (Å²) in [5.74, 6) is -0.483. The van der Waals surface area contributed by atoms with Crippen LogP contribution in [0.3, 0.4) is 0 Å². The van der Waals surface area contributed by atoms with Crippen LogP contribution in [-0.2, 0) is 14.8 Å². The monoisotopic (exact) mass is 552 g/mol. The molecule has 0 spiro atoms. The van der Waals surface area contributed by atoms with Gasteiger partial charge in [0, 0.05) is 10.0 Å². The summed E-state index contributed by atoms with van der Waals surface area (Å²) in [7, 11) is -4.12. The third-order valence-corrected chi connectivity index (χ3v) is 8.19. The fourth-order valence-electron chi connectivity index (χ4n) is 4.07. The van der Waals surface area contributed by atoms with Gasteiger partial charge in [-0.25, -0.2) is 8.42 Å². The summed E-state index contributed by atoms with van der Waals surface area (Å²) < 4.78 is 28.5. The summed E-state index contributed by atoms with van der Waals surface area (Å²) in [4.78, 5) is 13.6. The van der Waals surface area contributed by atoms with Crippen LogP contribution in [0.15, 0.2) is 102 Å². The molecule has 1 amide bonds. The Bertz CT molecular complexity index is 1490. The average Bonchev–Trinajstić information content (AvgIpc) is 2.86. The second-order valence-corrected chi connectivity index (χ2v) is 11.5. The summed E-state index contributed by atoms with van der Waals surface area (Å²) in [6, 6.07) is 27.7. The van der Waals surface area contributed by atoms with Gasteiger partial charge < -0.3 is 5.32 Å². The van der Waals surface area contributed by atoms with E-state index in [2.05, 4.69) is 5.32 Å². The fraction of sp³-hybridized carbons (Fsp3) is 0.138. The highest BCUT2D eigenvalue weighted by molar-refractivity contribution is 7.92. The van der Waals surface area contributed by atoms with Gasteiger partial charge in [-0.05, 0) is 60.9 Å². The molecule has 4 aromatic carbocycles. The number of hydrogen-bond donors (Lipinski definition) is 1. The number of anilines is 1. The number of carbonyl (C=O) groups is 1. The van der Waals surface area contributed by atoms with Crippen molar-refractivity contribution in [3.63, 3.8) is 0 Å². The highest BCUT2D eigenvalue weighted by Gasteiger charge is 2.29. The first-order valence-corrected chi connectivity index (χ1v) is 13.8. The van der Waals surface area contributed by atoms with E-state index in [9.17, 15) is 13.2 Å². The summed E-state index contributed by atoms with van der Waals surface area (Å²) in [5, 5.41) is 3.56. The van der Waals surface area contributed by atoms with E-state index >= 15 is 0 Å². The van der Waals surface area contributed by atoms with Crippen LogP contribution in [0.25, 0.3) is 0 Å². The van der Waals surface area contributed by atoms with Crippen LogP contribution in [0.5, 0.6) is 0 Å². The van der Waals surface area contributed by atoms with E-state index in [-0.39, 0.29) is 20.6 Å². The fourth-order valence-corrected chi connectivity index (χ4v) is 5.99. The van der Waals surface area contributed by atoms with Crippen LogP contribution >= 0.6 is 23.2 Å². The number of amides is 1. The standard InChI is InChI=1S/C29H26Cl2N2O3S/c1-20-12-14-26(15-13-20)37(35,36)33(25-17-23(30)16-24(31)18-25)19-28(34)32-29(22-9-4-3-5-10-22)27-11-7-6-8-21(27)2/h3-18,29H,19H2,1-2H3,(H,32,34)/t29-/m1/s1. The molecule has 8 heteroatoms. The molecule has 0 aliphatic carbocycles. The third kappa shape index (κ3) is 6.34. The maximum atomic E-state index is 13.7. The molecule has 4 rings (SSSR count). The molecule has 190 valence electrons. The Labute approximate surface area is 227 Å². The second kappa shape index (κ2) is 11.4. The van der Waals surface area contributed by atoms with Crippen LogP contribution in [0, 0.1) is 13.8 Å². The lowest BCUT2D eigenvalue weighted by atomic mass is 9.95. The molecule has 0 radical (unpaired) electrons. The minimum atomic E-state index is -4.12. The quantitative estimate of drug-likeness (QED) is 0.264. The molecular weight excluding hydrogens is 527 g/mol. The Morgan fingerprint density at radius 3 is 2.05 bits per heavy atom. The topological polar surface area (TPSA) is 66.5 Å². The number of halogens is 2.